The van der Waals surface area contributed by atoms with E-state index >= 15 is 0 Å². The summed E-state index contributed by atoms with van der Waals surface area (Å²) in [6, 6.07) is 6.44. The summed E-state index contributed by atoms with van der Waals surface area (Å²) in [7, 11) is 0. The van der Waals surface area contributed by atoms with Gasteiger partial charge in [0.2, 0.25) is 11.0 Å². The highest BCUT2D eigenvalue weighted by Gasteiger charge is 2.07. The van der Waals surface area contributed by atoms with E-state index in [1.807, 2.05) is 0 Å². The van der Waals surface area contributed by atoms with E-state index in [2.05, 4.69) is 15.5 Å². The molecule has 1 amide bonds. The molecule has 1 N–H and O–H groups in total. The van der Waals surface area contributed by atoms with Crippen molar-refractivity contribution >= 4 is 22.4 Å². The van der Waals surface area contributed by atoms with Gasteiger partial charge in [-0.1, -0.05) is 29.5 Å². The van der Waals surface area contributed by atoms with Gasteiger partial charge in [0.05, 0.1) is 0 Å². The number of hydrogen-bond donors (Lipinski definition) is 1. The third kappa shape index (κ3) is 3.32. The summed E-state index contributed by atoms with van der Waals surface area (Å²) >= 11 is 1.25. The second-order valence-corrected chi connectivity index (χ2v) is 4.22. The Bertz CT molecular complexity index is 501. The highest BCUT2D eigenvalue weighted by atomic mass is 32.1. The maximum absolute atomic E-state index is 13.3. The van der Waals surface area contributed by atoms with Gasteiger partial charge >= 0.3 is 0 Å². The van der Waals surface area contributed by atoms with E-state index in [-0.39, 0.29) is 18.1 Å². The monoisotopic (exact) mass is 251 g/mol. The van der Waals surface area contributed by atoms with E-state index in [4.69, 9.17) is 0 Å². The van der Waals surface area contributed by atoms with Gasteiger partial charge in [0.1, 0.15) is 11.3 Å². The average molecular weight is 251 g/mol. The van der Waals surface area contributed by atoms with Crippen LogP contribution in [0.3, 0.4) is 0 Å². The van der Waals surface area contributed by atoms with Crippen LogP contribution in [0.5, 0.6) is 0 Å². The minimum atomic E-state index is -0.281. The van der Waals surface area contributed by atoms with Crippen molar-refractivity contribution in [2.75, 3.05) is 5.32 Å². The number of rotatable bonds is 4. The van der Waals surface area contributed by atoms with E-state index in [1.54, 1.807) is 18.2 Å². The van der Waals surface area contributed by atoms with E-state index < -0.39 is 0 Å². The molecule has 4 nitrogen and oxygen atoms in total. The molecule has 0 aliphatic heterocycles. The van der Waals surface area contributed by atoms with Crippen LogP contribution in [-0.2, 0) is 11.2 Å². The fourth-order valence-electron chi connectivity index (χ4n) is 1.36. The Morgan fingerprint density at radius 2 is 2.24 bits per heavy atom. The molecule has 0 radical (unpaired) electrons. The number of halogens is 1. The molecule has 1 aromatic heterocycles. The van der Waals surface area contributed by atoms with Crippen LogP contribution in [0.15, 0.2) is 29.8 Å². The number of hydrogen-bond acceptors (Lipinski definition) is 4. The summed E-state index contributed by atoms with van der Waals surface area (Å²) in [6.07, 6.45) is 0.595. The fraction of sp³-hybridized carbons (Fsp3) is 0.182. The van der Waals surface area contributed by atoms with E-state index in [0.29, 0.717) is 17.1 Å². The lowest BCUT2D eigenvalue weighted by Gasteiger charge is -2.02. The number of nitrogens with one attached hydrogen (secondary N) is 1. The highest BCUT2D eigenvalue weighted by molar-refractivity contribution is 7.13. The number of carbonyl (C=O) groups excluding carboxylic acids is 1. The lowest BCUT2D eigenvalue weighted by atomic mass is 10.1. The number of nitrogens with zero attached hydrogens (tertiary/aromatic N) is 2. The van der Waals surface area contributed by atoms with Crippen molar-refractivity contribution in [2.24, 2.45) is 0 Å². The van der Waals surface area contributed by atoms with Crippen molar-refractivity contribution in [1.29, 1.82) is 0 Å². The third-order valence-electron chi connectivity index (χ3n) is 2.19. The molecule has 17 heavy (non-hydrogen) atoms. The summed E-state index contributed by atoms with van der Waals surface area (Å²) in [5.74, 6) is -0.471. The van der Waals surface area contributed by atoms with Crippen molar-refractivity contribution in [3.05, 3.63) is 41.2 Å². The molecule has 1 heterocycles. The van der Waals surface area contributed by atoms with Crippen LogP contribution in [0.2, 0.25) is 0 Å². The molecule has 88 valence electrons. The fourth-order valence-corrected chi connectivity index (χ4v) is 1.82. The molecule has 0 aliphatic rings. The lowest BCUT2D eigenvalue weighted by molar-refractivity contribution is -0.116. The maximum Gasteiger partial charge on any atom is 0.226 e. The number of carbonyl (C=O) groups is 1. The van der Waals surface area contributed by atoms with Gasteiger partial charge in [-0.05, 0) is 18.1 Å². The van der Waals surface area contributed by atoms with Gasteiger partial charge in [-0.3, -0.25) is 4.79 Å². The smallest absolute Gasteiger partial charge is 0.226 e. The van der Waals surface area contributed by atoms with Crippen LogP contribution >= 0.6 is 11.3 Å². The molecule has 0 saturated heterocycles. The van der Waals surface area contributed by atoms with Crippen molar-refractivity contribution in [3.63, 3.8) is 0 Å². The molecule has 0 spiro atoms. The highest BCUT2D eigenvalue weighted by Crippen LogP contribution is 2.11. The average Bonchev–Trinajstić information content (AvgIpc) is 2.81. The molecule has 2 rings (SSSR count). The number of anilines is 1. The van der Waals surface area contributed by atoms with Gasteiger partial charge < -0.3 is 5.32 Å². The quantitative estimate of drug-likeness (QED) is 0.906. The van der Waals surface area contributed by atoms with Crippen molar-refractivity contribution < 1.29 is 9.18 Å². The van der Waals surface area contributed by atoms with Crippen LogP contribution in [0, 0.1) is 5.82 Å². The first-order chi connectivity index (χ1) is 8.25. The zero-order valence-electron chi connectivity index (χ0n) is 8.89. The topological polar surface area (TPSA) is 54.9 Å². The number of aromatic nitrogens is 2. The van der Waals surface area contributed by atoms with Crippen LogP contribution in [0.4, 0.5) is 9.52 Å². The SMILES string of the molecule is O=C(CCc1ccccc1F)Nc1nncs1. The summed E-state index contributed by atoms with van der Waals surface area (Å²) in [4.78, 5) is 11.5. The van der Waals surface area contributed by atoms with Gasteiger partial charge in [0.25, 0.3) is 0 Å². The van der Waals surface area contributed by atoms with Crippen molar-refractivity contribution in [3.8, 4) is 0 Å². The molecule has 0 atom stereocenters. The van der Waals surface area contributed by atoms with Crippen LogP contribution in [0.1, 0.15) is 12.0 Å². The predicted molar refractivity (Wildman–Crippen MR) is 63.3 cm³/mol. The molecule has 0 fully saturated rings. The molecule has 0 saturated carbocycles. The predicted octanol–water partition coefficient (Wildman–Crippen LogP) is 2.25. The summed E-state index contributed by atoms with van der Waals surface area (Å²) < 4.78 is 13.3. The van der Waals surface area contributed by atoms with Crippen molar-refractivity contribution in [2.45, 2.75) is 12.8 Å². The Hall–Kier alpha value is -1.82. The van der Waals surface area contributed by atoms with Crippen LogP contribution in [0.25, 0.3) is 0 Å². The molecular formula is C11H10FN3OS. The summed E-state index contributed by atoms with van der Waals surface area (Å²) in [6.45, 7) is 0. The Labute approximate surface area is 102 Å². The Kier molecular flexibility index (Phi) is 3.77. The van der Waals surface area contributed by atoms with E-state index in [9.17, 15) is 9.18 Å². The van der Waals surface area contributed by atoms with E-state index in [0.717, 1.165) is 0 Å². The molecule has 0 bridgehead atoms. The summed E-state index contributed by atoms with van der Waals surface area (Å²) in [5.41, 5.74) is 2.08. The zero-order valence-corrected chi connectivity index (χ0v) is 9.71. The molecule has 6 heteroatoms. The van der Waals surface area contributed by atoms with Gasteiger partial charge in [0, 0.05) is 6.42 Å². The van der Waals surface area contributed by atoms with Crippen LogP contribution in [-0.4, -0.2) is 16.1 Å². The third-order valence-corrected chi connectivity index (χ3v) is 2.79. The second-order valence-electron chi connectivity index (χ2n) is 3.38. The van der Waals surface area contributed by atoms with Crippen molar-refractivity contribution in [1.82, 2.24) is 10.2 Å². The Morgan fingerprint density at radius 1 is 1.41 bits per heavy atom. The summed E-state index contributed by atoms with van der Waals surface area (Å²) in [5, 5.41) is 10.3. The van der Waals surface area contributed by atoms with Crippen LogP contribution < -0.4 is 5.32 Å². The Balaban J connectivity index is 1.86. The molecular weight excluding hydrogens is 241 g/mol. The molecule has 0 unspecified atom stereocenters. The first-order valence-electron chi connectivity index (χ1n) is 5.05. The molecule has 1 aromatic carbocycles. The zero-order chi connectivity index (χ0) is 12.1. The lowest BCUT2D eigenvalue weighted by Crippen LogP contribution is -2.12. The largest absolute Gasteiger partial charge is 0.301 e. The van der Waals surface area contributed by atoms with Gasteiger partial charge in [-0.15, -0.1) is 10.2 Å². The molecule has 2 aromatic rings. The standard InChI is InChI=1S/C11H10FN3OS/c12-9-4-2-1-3-8(9)5-6-10(16)14-11-15-13-7-17-11/h1-4,7H,5-6H2,(H,14,15,16). The van der Waals surface area contributed by atoms with Gasteiger partial charge in [0.15, 0.2) is 0 Å². The second kappa shape index (κ2) is 5.49. The number of aryl methyl sites for hydroxylation is 1. The Morgan fingerprint density at radius 3 is 2.94 bits per heavy atom. The minimum Gasteiger partial charge on any atom is -0.301 e. The first kappa shape index (κ1) is 11.7. The first-order valence-corrected chi connectivity index (χ1v) is 5.93. The van der Waals surface area contributed by atoms with Gasteiger partial charge in [-0.2, -0.15) is 0 Å². The number of benzene rings is 1. The van der Waals surface area contributed by atoms with E-state index in [1.165, 1.54) is 22.9 Å². The normalized spacial score (nSPS) is 10.2. The molecule has 0 aliphatic carbocycles. The maximum atomic E-state index is 13.3. The minimum absolute atomic E-state index is 0.190. The number of amides is 1. The van der Waals surface area contributed by atoms with Gasteiger partial charge in [-0.25, -0.2) is 4.39 Å².